The van der Waals surface area contributed by atoms with Crippen molar-refractivity contribution in [3.8, 4) is 0 Å². The van der Waals surface area contributed by atoms with Gasteiger partial charge in [-0.05, 0) is 32.3 Å². The summed E-state index contributed by atoms with van der Waals surface area (Å²) in [7, 11) is 0. The highest BCUT2D eigenvalue weighted by molar-refractivity contribution is 5.13. The van der Waals surface area contributed by atoms with E-state index in [1.54, 1.807) is 0 Å². The third-order valence-electron chi connectivity index (χ3n) is 3.18. The lowest BCUT2D eigenvalue weighted by molar-refractivity contribution is -0.159. The molecule has 1 unspecified atom stereocenters. The fourth-order valence-corrected chi connectivity index (χ4v) is 2.13. The Morgan fingerprint density at radius 1 is 1.05 bits per heavy atom. The second kappa shape index (κ2) is 11.5. The van der Waals surface area contributed by atoms with E-state index in [1.165, 1.54) is 5.56 Å². The molecule has 118 valence electrons. The van der Waals surface area contributed by atoms with Gasteiger partial charge in [-0.25, -0.2) is 0 Å². The van der Waals surface area contributed by atoms with Crippen LogP contribution in [0.2, 0.25) is 0 Å². The highest BCUT2D eigenvalue weighted by atomic mass is 16.7. The molecule has 0 saturated heterocycles. The van der Waals surface area contributed by atoms with E-state index in [1.807, 2.05) is 38.1 Å². The molecule has 3 nitrogen and oxygen atoms in total. The topological polar surface area (TPSA) is 27.7 Å². The first kappa shape index (κ1) is 17.9. The maximum absolute atomic E-state index is 6.05. The number of allylic oxidation sites excluding steroid dienone is 1. The number of rotatable bonds is 12. The molecule has 0 heterocycles. The lowest BCUT2D eigenvalue weighted by Crippen LogP contribution is -2.26. The molecule has 3 heteroatoms. The molecule has 0 radical (unpaired) electrons. The van der Waals surface area contributed by atoms with Crippen molar-refractivity contribution in [2.24, 2.45) is 0 Å². The van der Waals surface area contributed by atoms with Crippen LogP contribution in [-0.2, 0) is 20.8 Å². The summed E-state index contributed by atoms with van der Waals surface area (Å²) in [5.74, 6) is 0. The lowest BCUT2D eigenvalue weighted by atomic mass is 10.1. The summed E-state index contributed by atoms with van der Waals surface area (Å²) in [6.07, 6.45) is 4.48. The van der Waals surface area contributed by atoms with Crippen LogP contribution in [0.15, 0.2) is 43.0 Å². The minimum Gasteiger partial charge on any atom is -0.373 e. The SMILES string of the molecule is C=CCCC(CC(OCC)OCC)OCc1ccccc1. The lowest BCUT2D eigenvalue weighted by Gasteiger charge is -2.23. The zero-order valence-corrected chi connectivity index (χ0v) is 13.3. The van der Waals surface area contributed by atoms with Crippen molar-refractivity contribution in [2.75, 3.05) is 13.2 Å². The first-order valence-electron chi connectivity index (χ1n) is 7.79. The van der Waals surface area contributed by atoms with E-state index >= 15 is 0 Å². The molecule has 0 N–H and O–H groups in total. The predicted octanol–water partition coefficient (Wildman–Crippen LogP) is 4.33. The highest BCUT2D eigenvalue weighted by Gasteiger charge is 2.17. The molecular weight excluding hydrogens is 264 g/mol. The van der Waals surface area contributed by atoms with Crippen molar-refractivity contribution in [2.45, 2.75) is 52.1 Å². The van der Waals surface area contributed by atoms with Crippen molar-refractivity contribution in [1.82, 2.24) is 0 Å². The average molecular weight is 292 g/mol. The minimum atomic E-state index is -0.189. The van der Waals surface area contributed by atoms with Gasteiger partial charge >= 0.3 is 0 Å². The maximum Gasteiger partial charge on any atom is 0.160 e. The first-order valence-corrected chi connectivity index (χ1v) is 7.79. The predicted molar refractivity (Wildman–Crippen MR) is 86.1 cm³/mol. The molecule has 21 heavy (non-hydrogen) atoms. The zero-order valence-electron chi connectivity index (χ0n) is 13.3. The second-order valence-electron chi connectivity index (χ2n) is 4.86. The van der Waals surface area contributed by atoms with Gasteiger partial charge in [0.1, 0.15) is 0 Å². The molecule has 0 saturated carbocycles. The van der Waals surface area contributed by atoms with E-state index in [9.17, 15) is 0 Å². The molecule has 1 rings (SSSR count). The summed E-state index contributed by atoms with van der Waals surface area (Å²) < 4.78 is 17.3. The summed E-state index contributed by atoms with van der Waals surface area (Å²) in [6.45, 7) is 9.67. The Hall–Kier alpha value is -1.16. The van der Waals surface area contributed by atoms with Gasteiger partial charge in [-0.15, -0.1) is 6.58 Å². The molecule has 0 aliphatic carbocycles. The number of ether oxygens (including phenoxy) is 3. The van der Waals surface area contributed by atoms with Crippen LogP contribution < -0.4 is 0 Å². The van der Waals surface area contributed by atoms with Crippen molar-refractivity contribution >= 4 is 0 Å². The Morgan fingerprint density at radius 2 is 1.71 bits per heavy atom. The normalized spacial score (nSPS) is 12.5. The fraction of sp³-hybridized carbons (Fsp3) is 0.556. The van der Waals surface area contributed by atoms with Gasteiger partial charge in [0.2, 0.25) is 0 Å². The molecule has 1 aromatic carbocycles. The van der Waals surface area contributed by atoms with E-state index in [4.69, 9.17) is 14.2 Å². The summed E-state index contributed by atoms with van der Waals surface area (Å²) in [5, 5.41) is 0. The Balaban J connectivity index is 2.50. The van der Waals surface area contributed by atoms with Crippen LogP contribution in [0.1, 0.15) is 38.7 Å². The van der Waals surface area contributed by atoms with Gasteiger partial charge in [0.25, 0.3) is 0 Å². The van der Waals surface area contributed by atoms with Crippen LogP contribution in [0.25, 0.3) is 0 Å². The van der Waals surface area contributed by atoms with E-state index in [-0.39, 0.29) is 12.4 Å². The van der Waals surface area contributed by atoms with E-state index in [0.29, 0.717) is 19.8 Å². The van der Waals surface area contributed by atoms with Gasteiger partial charge in [0.15, 0.2) is 6.29 Å². The minimum absolute atomic E-state index is 0.117. The van der Waals surface area contributed by atoms with Gasteiger partial charge in [0.05, 0.1) is 12.7 Å². The molecule has 0 fully saturated rings. The summed E-state index contributed by atoms with van der Waals surface area (Å²) in [6, 6.07) is 10.2. The number of hydrogen-bond donors (Lipinski definition) is 0. The zero-order chi connectivity index (χ0) is 15.3. The van der Waals surface area contributed by atoms with Crippen molar-refractivity contribution in [1.29, 1.82) is 0 Å². The maximum atomic E-state index is 6.05. The van der Waals surface area contributed by atoms with Crippen LogP contribution in [0.5, 0.6) is 0 Å². The largest absolute Gasteiger partial charge is 0.373 e. The van der Waals surface area contributed by atoms with Crippen LogP contribution in [0.3, 0.4) is 0 Å². The summed E-state index contributed by atoms with van der Waals surface area (Å²) in [4.78, 5) is 0. The molecule has 0 amide bonds. The van der Waals surface area contributed by atoms with Crippen LogP contribution in [0, 0.1) is 0 Å². The Labute approximate surface area is 128 Å². The van der Waals surface area contributed by atoms with Crippen molar-refractivity contribution < 1.29 is 14.2 Å². The smallest absolute Gasteiger partial charge is 0.160 e. The monoisotopic (exact) mass is 292 g/mol. The molecule has 0 bridgehead atoms. The second-order valence-corrected chi connectivity index (χ2v) is 4.86. The molecule has 1 atom stereocenters. The van der Waals surface area contributed by atoms with E-state index in [0.717, 1.165) is 19.3 Å². The Kier molecular flexibility index (Phi) is 9.79. The summed E-state index contributed by atoms with van der Waals surface area (Å²) >= 11 is 0. The van der Waals surface area contributed by atoms with Gasteiger partial charge < -0.3 is 14.2 Å². The fourth-order valence-electron chi connectivity index (χ4n) is 2.13. The molecular formula is C18H28O3. The third-order valence-corrected chi connectivity index (χ3v) is 3.18. The third kappa shape index (κ3) is 8.00. The Bertz CT molecular complexity index is 358. The van der Waals surface area contributed by atoms with Gasteiger partial charge in [-0.2, -0.15) is 0 Å². The van der Waals surface area contributed by atoms with Crippen LogP contribution in [0.4, 0.5) is 0 Å². The quantitative estimate of drug-likeness (QED) is 0.424. The molecule has 0 spiro atoms. The highest BCUT2D eigenvalue weighted by Crippen LogP contribution is 2.16. The van der Waals surface area contributed by atoms with Gasteiger partial charge in [-0.1, -0.05) is 36.4 Å². The summed E-state index contributed by atoms with van der Waals surface area (Å²) in [5.41, 5.74) is 1.19. The van der Waals surface area contributed by atoms with Gasteiger partial charge in [0, 0.05) is 19.6 Å². The Morgan fingerprint density at radius 3 is 2.29 bits per heavy atom. The molecule has 1 aromatic rings. The van der Waals surface area contributed by atoms with Gasteiger partial charge in [-0.3, -0.25) is 0 Å². The number of benzene rings is 1. The molecule has 0 aliphatic rings. The standard InChI is InChI=1S/C18H28O3/c1-4-7-13-17(14-18(19-5-2)20-6-3)21-15-16-11-9-8-10-12-16/h4,8-12,17-18H,1,5-7,13-15H2,2-3H3. The van der Waals surface area contributed by atoms with E-state index < -0.39 is 0 Å². The van der Waals surface area contributed by atoms with Crippen molar-refractivity contribution in [3.63, 3.8) is 0 Å². The number of hydrogen-bond acceptors (Lipinski definition) is 3. The van der Waals surface area contributed by atoms with Crippen molar-refractivity contribution in [3.05, 3.63) is 48.6 Å². The van der Waals surface area contributed by atoms with Crippen LogP contribution >= 0.6 is 0 Å². The molecule has 0 aromatic heterocycles. The van der Waals surface area contributed by atoms with E-state index in [2.05, 4.69) is 18.7 Å². The molecule has 0 aliphatic heterocycles. The average Bonchev–Trinajstić information content (AvgIpc) is 2.51. The first-order chi connectivity index (χ1) is 10.3. The van der Waals surface area contributed by atoms with Crippen LogP contribution in [-0.4, -0.2) is 25.6 Å².